The van der Waals surface area contributed by atoms with Gasteiger partial charge in [-0.2, -0.15) is 4.98 Å². The van der Waals surface area contributed by atoms with E-state index in [9.17, 15) is 0 Å². The maximum atomic E-state index is 6.19. The monoisotopic (exact) mass is 359 g/mol. The van der Waals surface area contributed by atoms with Crippen LogP contribution < -0.4 is 10.6 Å². The second kappa shape index (κ2) is 7.47. The summed E-state index contributed by atoms with van der Waals surface area (Å²) in [6, 6.07) is 12.9. The molecule has 0 aliphatic carbocycles. The van der Waals surface area contributed by atoms with E-state index in [4.69, 9.17) is 23.2 Å². The van der Waals surface area contributed by atoms with Crippen molar-refractivity contribution in [1.82, 2.24) is 15.0 Å². The smallest absolute Gasteiger partial charge is 0.225 e. The Morgan fingerprint density at radius 3 is 2.50 bits per heavy atom. The number of pyridine rings is 1. The van der Waals surface area contributed by atoms with E-state index in [0.717, 1.165) is 11.4 Å². The Morgan fingerprint density at radius 2 is 1.79 bits per heavy atom. The molecule has 0 amide bonds. The van der Waals surface area contributed by atoms with E-state index in [2.05, 4.69) is 25.6 Å². The third-order valence-corrected chi connectivity index (χ3v) is 3.85. The normalized spacial score (nSPS) is 10.5. The molecular formula is C17H15Cl2N5. The maximum Gasteiger partial charge on any atom is 0.225 e. The minimum absolute atomic E-state index is 0.506. The Hall–Kier alpha value is -2.37. The Balaban J connectivity index is 1.79. The van der Waals surface area contributed by atoms with Gasteiger partial charge in [0, 0.05) is 18.0 Å². The van der Waals surface area contributed by atoms with Crippen LogP contribution in [-0.4, -0.2) is 15.0 Å². The molecule has 0 unspecified atom stereocenters. The van der Waals surface area contributed by atoms with Crippen LogP contribution in [0.3, 0.4) is 0 Å². The number of rotatable bonds is 5. The minimum Gasteiger partial charge on any atom is -0.349 e. The highest BCUT2D eigenvalue weighted by Crippen LogP contribution is 2.32. The number of halogens is 2. The number of benzene rings is 1. The maximum absolute atomic E-state index is 6.19. The average molecular weight is 360 g/mol. The van der Waals surface area contributed by atoms with Crippen LogP contribution in [0.4, 0.5) is 17.5 Å². The molecule has 3 aromatic rings. The van der Waals surface area contributed by atoms with Gasteiger partial charge in [0.05, 0.1) is 28.0 Å². The SMILES string of the molecule is Cc1cc(Nc2c(Cl)cccc2Cl)nc(NCc2ccccn2)n1. The molecule has 5 nitrogen and oxygen atoms in total. The van der Waals surface area contributed by atoms with Crippen molar-refractivity contribution in [3.05, 3.63) is 70.1 Å². The molecule has 2 N–H and O–H groups in total. The van der Waals surface area contributed by atoms with E-state index < -0.39 is 0 Å². The van der Waals surface area contributed by atoms with Crippen molar-refractivity contribution in [2.24, 2.45) is 0 Å². The fourth-order valence-electron chi connectivity index (χ4n) is 2.13. The van der Waals surface area contributed by atoms with Crippen LogP contribution >= 0.6 is 23.2 Å². The standard InChI is InChI=1S/C17H15Cl2N5/c1-11-9-15(23-16-13(18)6-4-7-14(16)19)24-17(22-11)21-10-12-5-2-3-8-20-12/h2-9H,10H2,1H3,(H2,21,22,23,24). The first-order valence-electron chi connectivity index (χ1n) is 7.32. The zero-order chi connectivity index (χ0) is 16.9. The molecule has 24 heavy (non-hydrogen) atoms. The van der Waals surface area contributed by atoms with Crippen molar-refractivity contribution in [2.75, 3.05) is 10.6 Å². The summed E-state index contributed by atoms with van der Waals surface area (Å²) >= 11 is 12.4. The summed E-state index contributed by atoms with van der Waals surface area (Å²) in [7, 11) is 0. The fraction of sp³-hybridized carbons (Fsp3) is 0.118. The molecule has 3 rings (SSSR count). The molecule has 0 aliphatic rings. The summed E-state index contributed by atoms with van der Waals surface area (Å²) in [6.45, 7) is 2.43. The lowest BCUT2D eigenvalue weighted by Crippen LogP contribution is -2.07. The highest BCUT2D eigenvalue weighted by atomic mass is 35.5. The van der Waals surface area contributed by atoms with Gasteiger partial charge < -0.3 is 10.6 Å². The molecule has 7 heteroatoms. The fourth-order valence-corrected chi connectivity index (χ4v) is 2.62. The summed E-state index contributed by atoms with van der Waals surface area (Å²) in [5.74, 6) is 1.12. The van der Waals surface area contributed by atoms with Crippen LogP contribution in [0.15, 0.2) is 48.7 Å². The molecule has 0 saturated carbocycles. The number of hydrogen-bond donors (Lipinski definition) is 2. The third kappa shape index (κ3) is 4.13. The third-order valence-electron chi connectivity index (χ3n) is 3.22. The van der Waals surface area contributed by atoms with Crippen molar-refractivity contribution in [3.63, 3.8) is 0 Å². The lowest BCUT2D eigenvalue weighted by atomic mass is 10.3. The number of nitrogens with zero attached hydrogens (tertiary/aromatic N) is 3. The van der Waals surface area contributed by atoms with Crippen LogP contribution in [-0.2, 0) is 6.54 Å². The van der Waals surface area contributed by atoms with E-state index in [1.54, 1.807) is 24.4 Å². The predicted octanol–water partition coefficient (Wildman–Crippen LogP) is 4.84. The van der Waals surface area contributed by atoms with E-state index in [1.807, 2.05) is 31.2 Å². The van der Waals surface area contributed by atoms with Gasteiger partial charge in [-0.05, 0) is 31.2 Å². The van der Waals surface area contributed by atoms with Gasteiger partial charge in [-0.15, -0.1) is 0 Å². The molecule has 0 fully saturated rings. The first-order valence-corrected chi connectivity index (χ1v) is 8.08. The average Bonchev–Trinajstić information content (AvgIpc) is 2.57. The molecule has 0 aliphatic heterocycles. The Labute approximate surface area is 150 Å². The zero-order valence-corrected chi connectivity index (χ0v) is 14.4. The van der Waals surface area contributed by atoms with Crippen molar-refractivity contribution in [1.29, 1.82) is 0 Å². The summed E-state index contributed by atoms with van der Waals surface area (Å²) < 4.78 is 0. The number of hydrogen-bond acceptors (Lipinski definition) is 5. The molecule has 0 bridgehead atoms. The van der Waals surface area contributed by atoms with Gasteiger partial charge in [0.15, 0.2) is 0 Å². The van der Waals surface area contributed by atoms with Crippen molar-refractivity contribution >= 4 is 40.7 Å². The quantitative estimate of drug-likeness (QED) is 0.682. The molecule has 0 spiro atoms. The van der Waals surface area contributed by atoms with Gasteiger partial charge in [-0.25, -0.2) is 4.98 Å². The minimum atomic E-state index is 0.506. The van der Waals surface area contributed by atoms with Gasteiger partial charge in [0.25, 0.3) is 0 Å². The molecule has 2 aromatic heterocycles. The van der Waals surface area contributed by atoms with Crippen molar-refractivity contribution < 1.29 is 0 Å². The summed E-state index contributed by atoms with van der Waals surface area (Å²) in [4.78, 5) is 13.1. The summed E-state index contributed by atoms with van der Waals surface area (Å²) in [6.07, 6.45) is 1.75. The molecule has 0 radical (unpaired) electrons. The lowest BCUT2D eigenvalue weighted by molar-refractivity contribution is 0.991. The van der Waals surface area contributed by atoms with Crippen LogP contribution in [0, 0.1) is 6.92 Å². The topological polar surface area (TPSA) is 62.7 Å². The highest BCUT2D eigenvalue weighted by Gasteiger charge is 2.08. The molecule has 0 saturated heterocycles. The van der Waals surface area contributed by atoms with E-state index in [1.165, 1.54) is 0 Å². The van der Waals surface area contributed by atoms with Crippen LogP contribution in [0.2, 0.25) is 10.0 Å². The van der Waals surface area contributed by atoms with Gasteiger partial charge in [-0.3, -0.25) is 4.98 Å². The van der Waals surface area contributed by atoms with Gasteiger partial charge >= 0.3 is 0 Å². The number of aryl methyl sites for hydroxylation is 1. The Kier molecular flexibility index (Phi) is 5.13. The lowest BCUT2D eigenvalue weighted by Gasteiger charge is -2.12. The predicted molar refractivity (Wildman–Crippen MR) is 98.1 cm³/mol. The first kappa shape index (κ1) is 16.5. The second-order valence-electron chi connectivity index (χ2n) is 5.11. The Morgan fingerprint density at radius 1 is 1.00 bits per heavy atom. The van der Waals surface area contributed by atoms with Gasteiger partial charge in [-0.1, -0.05) is 35.3 Å². The van der Waals surface area contributed by atoms with Gasteiger partial charge in [0.2, 0.25) is 5.95 Å². The molecule has 2 heterocycles. The van der Waals surface area contributed by atoms with E-state index in [-0.39, 0.29) is 0 Å². The highest BCUT2D eigenvalue weighted by molar-refractivity contribution is 6.39. The zero-order valence-electron chi connectivity index (χ0n) is 12.9. The number of nitrogens with one attached hydrogen (secondary N) is 2. The van der Waals surface area contributed by atoms with Gasteiger partial charge in [0.1, 0.15) is 5.82 Å². The van der Waals surface area contributed by atoms with E-state index >= 15 is 0 Å². The number of para-hydroxylation sites is 1. The molecule has 1 aromatic carbocycles. The molecule has 0 atom stereocenters. The van der Waals surface area contributed by atoms with Crippen molar-refractivity contribution in [2.45, 2.75) is 13.5 Å². The number of anilines is 3. The molecule has 122 valence electrons. The van der Waals surface area contributed by atoms with Crippen LogP contribution in [0.25, 0.3) is 0 Å². The molecular weight excluding hydrogens is 345 g/mol. The summed E-state index contributed by atoms with van der Waals surface area (Å²) in [5, 5.41) is 7.37. The number of aromatic nitrogens is 3. The second-order valence-corrected chi connectivity index (χ2v) is 5.93. The Bertz CT molecular complexity index is 819. The van der Waals surface area contributed by atoms with E-state index in [0.29, 0.717) is 34.0 Å². The van der Waals surface area contributed by atoms with Crippen molar-refractivity contribution in [3.8, 4) is 0 Å². The largest absolute Gasteiger partial charge is 0.349 e. The van der Waals surface area contributed by atoms with Crippen LogP contribution in [0.5, 0.6) is 0 Å². The summed E-state index contributed by atoms with van der Waals surface area (Å²) in [5.41, 5.74) is 2.35. The van der Waals surface area contributed by atoms with Crippen LogP contribution in [0.1, 0.15) is 11.4 Å². The first-order chi connectivity index (χ1) is 11.6.